The predicted molar refractivity (Wildman–Crippen MR) is 46.1 cm³/mol. The van der Waals surface area contributed by atoms with E-state index < -0.39 is 11.8 Å². The summed E-state index contributed by atoms with van der Waals surface area (Å²) in [6.45, 7) is 0. The van der Waals surface area contributed by atoms with Gasteiger partial charge in [0.25, 0.3) is 0 Å². The molecule has 2 heterocycles. The largest absolute Gasteiger partial charge is 0.476 e. The Bertz CT molecular complexity index is 494. The second-order valence-electron chi connectivity index (χ2n) is 2.69. The molecule has 0 atom stereocenters. The lowest BCUT2D eigenvalue weighted by Gasteiger charge is -1.96. The first kappa shape index (κ1) is 9.25. The van der Waals surface area contributed by atoms with Gasteiger partial charge in [0.2, 0.25) is 0 Å². The maximum atomic E-state index is 12.5. The first-order valence-electron chi connectivity index (χ1n) is 3.94. The molecule has 0 aromatic carbocycles. The fraction of sp³-hybridized carbons (Fsp3) is 0. The molecule has 2 aromatic rings. The number of aromatic carboxylic acids is 1. The van der Waals surface area contributed by atoms with Crippen molar-refractivity contribution in [2.24, 2.45) is 0 Å². The summed E-state index contributed by atoms with van der Waals surface area (Å²) in [4.78, 5) is 14.2. The van der Waals surface area contributed by atoms with E-state index in [2.05, 4.69) is 15.3 Å². The summed E-state index contributed by atoms with van der Waals surface area (Å²) < 4.78 is 13.7. The lowest BCUT2D eigenvalue weighted by Crippen LogP contribution is -1.98. The Hall–Kier alpha value is -2.31. The maximum absolute atomic E-state index is 12.5. The van der Waals surface area contributed by atoms with E-state index >= 15 is 0 Å². The summed E-state index contributed by atoms with van der Waals surface area (Å²) in [5.41, 5.74) is -0.193. The van der Waals surface area contributed by atoms with Crippen LogP contribution < -0.4 is 0 Å². The summed E-state index contributed by atoms with van der Waals surface area (Å²) >= 11 is 0. The predicted octanol–water partition coefficient (Wildman–Crippen LogP) is 0.500. The van der Waals surface area contributed by atoms with Crippen molar-refractivity contribution in [3.05, 3.63) is 36.0 Å². The minimum atomic E-state index is -1.18. The van der Waals surface area contributed by atoms with Crippen LogP contribution in [0.15, 0.2) is 24.5 Å². The molecule has 0 unspecified atom stereocenters. The van der Waals surface area contributed by atoms with Gasteiger partial charge in [-0.05, 0) is 12.1 Å². The van der Waals surface area contributed by atoms with Gasteiger partial charge in [-0.3, -0.25) is 0 Å². The molecule has 0 bridgehead atoms. The van der Waals surface area contributed by atoms with E-state index in [0.29, 0.717) is 5.82 Å². The molecule has 15 heavy (non-hydrogen) atoms. The van der Waals surface area contributed by atoms with Crippen molar-refractivity contribution in [1.29, 1.82) is 0 Å². The third-order valence-electron chi connectivity index (χ3n) is 1.66. The van der Waals surface area contributed by atoms with Gasteiger partial charge in [0.15, 0.2) is 11.5 Å². The Kier molecular flexibility index (Phi) is 2.13. The Morgan fingerprint density at radius 2 is 2.27 bits per heavy atom. The second-order valence-corrected chi connectivity index (χ2v) is 2.69. The van der Waals surface area contributed by atoms with Crippen molar-refractivity contribution in [2.75, 3.05) is 0 Å². The zero-order valence-electron chi connectivity index (χ0n) is 7.33. The first-order valence-corrected chi connectivity index (χ1v) is 3.94. The first-order chi connectivity index (χ1) is 7.16. The quantitative estimate of drug-likeness (QED) is 0.777. The zero-order valence-corrected chi connectivity index (χ0v) is 7.33. The van der Waals surface area contributed by atoms with E-state index in [1.54, 1.807) is 0 Å². The molecular formula is C8H5FN4O2. The highest BCUT2D eigenvalue weighted by molar-refractivity contribution is 5.84. The van der Waals surface area contributed by atoms with Gasteiger partial charge in [-0.2, -0.15) is 0 Å². The molecule has 6 nitrogen and oxygen atoms in total. The van der Waals surface area contributed by atoms with Crippen molar-refractivity contribution in [3.8, 4) is 5.82 Å². The van der Waals surface area contributed by atoms with Crippen LogP contribution in [0.5, 0.6) is 0 Å². The Morgan fingerprint density at radius 1 is 1.47 bits per heavy atom. The SMILES string of the molecule is O=C(O)c1cn(-c2ccc(F)cn2)nn1. The zero-order chi connectivity index (χ0) is 10.8. The van der Waals surface area contributed by atoms with Gasteiger partial charge in [-0.25, -0.2) is 18.9 Å². The van der Waals surface area contributed by atoms with E-state index in [4.69, 9.17) is 5.11 Å². The van der Waals surface area contributed by atoms with Crippen molar-refractivity contribution >= 4 is 5.97 Å². The molecule has 0 amide bonds. The molecule has 0 radical (unpaired) electrons. The van der Waals surface area contributed by atoms with Gasteiger partial charge < -0.3 is 5.11 Å². The Balaban J connectivity index is 2.37. The van der Waals surface area contributed by atoms with Crippen molar-refractivity contribution < 1.29 is 14.3 Å². The van der Waals surface area contributed by atoms with Crippen LogP contribution in [0.3, 0.4) is 0 Å². The van der Waals surface area contributed by atoms with Crippen LogP contribution in [0.2, 0.25) is 0 Å². The average molecular weight is 208 g/mol. The monoisotopic (exact) mass is 208 g/mol. The van der Waals surface area contributed by atoms with E-state index in [1.807, 2.05) is 0 Å². The topological polar surface area (TPSA) is 80.9 Å². The number of aromatic nitrogens is 4. The van der Waals surface area contributed by atoms with E-state index in [0.717, 1.165) is 10.9 Å². The van der Waals surface area contributed by atoms with E-state index in [9.17, 15) is 9.18 Å². The number of hydrogen-bond donors (Lipinski definition) is 1. The van der Waals surface area contributed by atoms with Crippen LogP contribution in [0.25, 0.3) is 5.82 Å². The van der Waals surface area contributed by atoms with Gasteiger partial charge >= 0.3 is 5.97 Å². The Labute approximate surface area is 83.0 Å². The second kappa shape index (κ2) is 3.45. The fourth-order valence-electron chi connectivity index (χ4n) is 0.977. The Morgan fingerprint density at radius 3 is 2.80 bits per heavy atom. The van der Waals surface area contributed by atoms with Crippen molar-refractivity contribution in [1.82, 2.24) is 20.0 Å². The molecule has 7 heteroatoms. The van der Waals surface area contributed by atoms with Gasteiger partial charge in [-0.1, -0.05) is 5.21 Å². The molecule has 0 aliphatic carbocycles. The summed E-state index contributed by atoms with van der Waals surface area (Å²) in [6.07, 6.45) is 2.21. The highest BCUT2D eigenvalue weighted by Gasteiger charge is 2.09. The average Bonchev–Trinajstić information content (AvgIpc) is 2.68. The minimum absolute atomic E-state index is 0.193. The smallest absolute Gasteiger partial charge is 0.358 e. The normalized spacial score (nSPS) is 10.2. The molecule has 0 saturated carbocycles. The van der Waals surface area contributed by atoms with Crippen LogP contribution in [-0.2, 0) is 0 Å². The lowest BCUT2D eigenvalue weighted by molar-refractivity contribution is 0.0690. The molecule has 2 rings (SSSR count). The number of pyridine rings is 1. The summed E-state index contributed by atoms with van der Waals surface area (Å²) in [7, 11) is 0. The number of halogens is 1. The molecule has 0 fully saturated rings. The molecular weight excluding hydrogens is 203 g/mol. The van der Waals surface area contributed by atoms with Gasteiger partial charge in [-0.15, -0.1) is 5.10 Å². The van der Waals surface area contributed by atoms with Crippen LogP contribution >= 0.6 is 0 Å². The van der Waals surface area contributed by atoms with Gasteiger partial charge in [0.1, 0.15) is 5.82 Å². The van der Waals surface area contributed by atoms with Crippen LogP contribution in [-0.4, -0.2) is 31.1 Å². The van der Waals surface area contributed by atoms with Crippen LogP contribution in [0, 0.1) is 5.82 Å². The molecule has 0 saturated heterocycles. The van der Waals surface area contributed by atoms with E-state index in [-0.39, 0.29) is 5.69 Å². The third kappa shape index (κ3) is 1.80. The van der Waals surface area contributed by atoms with Crippen LogP contribution in [0.1, 0.15) is 10.5 Å². The molecule has 0 aliphatic heterocycles. The molecule has 0 spiro atoms. The van der Waals surface area contributed by atoms with Crippen molar-refractivity contribution in [2.45, 2.75) is 0 Å². The fourth-order valence-corrected chi connectivity index (χ4v) is 0.977. The number of nitrogens with zero attached hydrogens (tertiary/aromatic N) is 4. The lowest BCUT2D eigenvalue weighted by atomic mass is 10.4. The number of carboxylic acids is 1. The van der Waals surface area contributed by atoms with Gasteiger partial charge in [0.05, 0.1) is 12.4 Å². The van der Waals surface area contributed by atoms with E-state index in [1.165, 1.54) is 18.3 Å². The number of rotatable bonds is 2. The minimum Gasteiger partial charge on any atom is -0.476 e. The number of carbonyl (C=O) groups is 1. The molecule has 2 aromatic heterocycles. The molecule has 1 N–H and O–H groups in total. The highest BCUT2D eigenvalue weighted by atomic mass is 19.1. The van der Waals surface area contributed by atoms with Gasteiger partial charge in [0, 0.05) is 0 Å². The van der Waals surface area contributed by atoms with Crippen molar-refractivity contribution in [3.63, 3.8) is 0 Å². The molecule has 0 aliphatic rings. The summed E-state index contributed by atoms with van der Waals surface area (Å²) in [5.74, 6) is -1.35. The number of hydrogen-bond acceptors (Lipinski definition) is 4. The summed E-state index contributed by atoms with van der Waals surface area (Å²) in [6, 6.07) is 2.57. The standard InChI is InChI=1S/C8H5FN4O2/c9-5-1-2-7(10-3-5)13-4-6(8(14)15)11-12-13/h1-4H,(H,14,15). The number of carboxylic acid groups (broad SMARTS) is 1. The molecule has 76 valence electrons. The highest BCUT2D eigenvalue weighted by Crippen LogP contribution is 2.04. The third-order valence-corrected chi connectivity index (χ3v) is 1.66. The van der Waals surface area contributed by atoms with Crippen LogP contribution in [0.4, 0.5) is 4.39 Å². The summed E-state index contributed by atoms with van der Waals surface area (Å²) in [5, 5.41) is 15.5. The maximum Gasteiger partial charge on any atom is 0.358 e.